The van der Waals surface area contributed by atoms with Crippen molar-refractivity contribution in [3.05, 3.63) is 51.5 Å². The van der Waals surface area contributed by atoms with Crippen LogP contribution in [0.3, 0.4) is 0 Å². The number of aromatic nitrogens is 1. The van der Waals surface area contributed by atoms with E-state index in [1.165, 1.54) is 23.3 Å². The Morgan fingerprint density at radius 2 is 1.92 bits per heavy atom. The lowest BCUT2D eigenvalue weighted by Crippen LogP contribution is -2.35. The van der Waals surface area contributed by atoms with Gasteiger partial charge in [-0.2, -0.15) is 0 Å². The van der Waals surface area contributed by atoms with Crippen LogP contribution < -0.4 is 0 Å². The zero-order valence-corrected chi connectivity index (χ0v) is 16.0. The van der Waals surface area contributed by atoms with Gasteiger partial charge in [0.25, 0.3) is 5.91 Å². The van der Waals surface area contributed by atoms with E-state index in [9.17, 15) is 4.79 Å². The maximum atomic E-state index is 12.8. The molecule has 1 aromatic carbocycles. The van der Waals surface area contributed by atoms with Crippen LogP contribution in [0.1, 0.15) is 38.8 Å². The van der Waals surface area contributed by atoms with Crippen molar-refractivity contribution >= 4 is 17.2 Å². The summed E-state index contributed by atoms with van der Waals surface area (Å²) in [7, 11) is 0. The summed E-state index contributed by atoms with van der Waals surface area (Å²) >= 11 is 1.52. The first kappa shape index (κ1) is 18.1. The van der Waals surface area contributed by atoms with Gasteiger partial charge in [0.1, 0.15) is 4.88 Å². The van der Waals surface area contributed by atoms with Crippen LogP contribution in [0.15, 0.2) is 30.3 Å². The molecule has 2 heterocycles. The largest absolute Gasteiger partial charge is 0.337 e. The smallest absolute Gasteiger partial charge is 0.265 e. The topological polar surface area (TPSA) is 36.4 Å². The number of carbonyl (C=O) groups is 1. The molecule has 1 fully saturated rings. The van der Waals surface area contributed by atoms with Crippen LogP contribution in [0.2, 0.25) is 0 Å². The number of nitrogens with zero attached hydrogens (tertiary/aromatic N) is 3. The Hall–Kier alpha value is -1.72. The second kappa shape index (κ2) is 8.59. The van der Waals surface area contributed by atoms with E-state index in [0.717, 1.165) is 61.1 Å². The van der Waals surface area contributed by atoms with E-state index < -0.39 is 0 Å². The summed E-state index contributed by atoms with van der Waals surface area (Å²) in [5, 5.41) is 0.971. The number of rotatable bonds is 5. The van der Waals surface area contributed by atoms with Crippen LogP contribution in [0.25, 0.3) is 0 Å². The summed E-state index contributed by atoms with van der Waals surface area (Å²) in [6.45, 7) is 8.73. The molecule has 0 unspecified atom stereocenters. The quantitative estimate of drug-likeness (QED) is 0.821. The van der Waals surface area contributed by atoms with E-state index in [1.54, 1.807) is 0 Å². The molecule has 0 spiro atoms. The first-order valence-corrected chi connectivity index (χ1v) is 9.95. The highest BCUT2D eigenvalue weighted by Crippen LogP contribution is 2.20. The molecule has 25 heavy (non-hydrogen) atoms. The van der Waals surface area contributed by atoms with Gasteiger partial charge in [0.05, 0.1) is 10.7 Å². The molecule has 1 aliphatic rings. The standard InChI is InChI=1S/C20H27N3OS/c1-16-19(25-17(2)21-16)20(24)23-13-7-12-22(14-15-23)11-6-10-18-8-4-3-5-9-18/h3-5,8-9H,6-7,10-15H2,1-2H3. The molecule has 4 nitrogen and oxygen atoms in total. The van der Waals surface area contributed by atoms with Gasteiger partial charge in [-0.3, -0.25) is 4.79 Å². The van der Waals surface area contributed by atoms with Gasteiger partial charge in [-0.05, 0) is 51.8 Å². The zero-order valence-electron chi connectivity index (χ0n) is 15.2. The SMILES string of the molecule is Cc1nc(C)c(C(=O)N2CCCN(CCCc3ccccc3)CC2)s1. The molecule has 1 amide bonds. The molecule has 1 aromatic heterocycles. The van der Waals surface area contributed by atoms with Gasteiger partial charge in [0.15, 0.2) is 0 Å². The van der Waals surface area contributed by atoms with Gasteiger partial charge in [0.2, 0.25) is 0 Å². The van der Waals surface area contributed by atoms with Crippen LogP contribution in [0, 0.1) is 13.8 Å². The van der Waals surface area contributed by atoms with Gasteiger partial charge < -0.3 is 9.80 Å². The van der Waals surface area contributed by atoms with E-state index in [0.29, 0.717) is 0 Å². The lowest BCUT2D eigenvalue weighted by atomic mass is 10.1. The normalized spacial score (nSPS) is 16.0. The molecule has 1 saturated heterocycles. The third-order valence-corrected chi connectivity index (χ3v) is 5.82. The summed E-state index contributed by atoms with van der Waals surface area (Å²) in [5.41, 5.74) is 2.28. The highest BCUT2D eigenvalue weighted by molar-refractivity contribution is 7.13. The van der Waals surface area contributed by atoms with Crippen molar-refractivity contribution in [2.24, 2.45) is 0 Å². The fraction of sp³-hybridized carbons (Fsp3) is 0.500. The Kier molecular flexibility index (Phi) is 6.21. The number of amides is 1. The highest BCUT2D eigenvalue weighted by Gasteiger charge is 2.23. The zero-order chi connectivity index (χ0) is 17.6. The molecule has 1 aliphatic heterocycles. The molecule has 0 atom stereocenters. The van der Waals surface area contributed by atoms with Crippen LogP contribution in [0.4, 0.5) is 0 Å². The summed E-state index contributed by atoms with van der Waals surface area (Å²) in [4.78, 5) is 22.5. The fourth-order valence-electron chi connectivity index (χ4n) is 3.42. The minimum Gasteiger partial charge on any atom is -0.337 e. The van der Waals surface area contributed by atoms with Crippen molar-refractivity contribution in [2.45, 2.75) is 33.1 Å². The molecule has 0 radical (unpaired) electrons. The summed E-state index contributed by atoms with van der Waals surface area (Å²) < 4.78 is 0. The first-order valence-electron chi connectivity index (χ1n) is 9.13. The Morgan fingerprint density at radius 1 is 1.12 bits per heavy atom. The highest BCUT2D eigenvalue weighted by atomic mass is 32.1. The molecule has 2 aromatic rings. The fourth-order valence-corrected chi connectivity index (χ4v) is 4.31. The van der Waals surface area contributed by atoms with Gasteiger partial charge in [-0.25, -0.2) is 4.98 Å². The Bertz CT molecular complexity index is 698. The summed E-state index contributed by atoms with van der Waals surface area (Å²) in [6, 6.07) is 10.7. The number of aryl methyl sites for hydroxylation is 3. The van der Waals surface area contributed by atoms with E-state index >= 15 is 0 Å². The predicted molar refractivity (Wildman–Crippen MR) is 103 cm³/mol. The number of thiazole rings is 1. The molecule has 0 aliphatic carbocycles. The molecule has 0 saturated carbocycles. The number of hydrogen-bond donors (Lipinski definition) is 0. The van der Waals surface area contributed by atoms with Crippen molar-refractivity contribution < 1.29 is 4.79 Å². The molecule has 0 bridgehead atoms. The van der Waals surface area contributed by atoms with E-state index in [1.807, 2.05) is 18.7 Å². The Morgan fingerprint density at radius 3 is 2.64 bits per heavy atom. The van der Waals surface area contributed by atoms with Gasteiger partial charge in [-0.1, -0.05) is 30.3 Å². The first-order chi connectivity index (χ1) is 12.1. The van der Waals surface area contributed by atoms with Crippen molar-refractivity contribution in [3.8, 4) is 0 Å². The van der Waals surface area contributed by atoms with Crippen LogP contribution in [-0.2, 0) is 6.42 Å². The second-order valence-corrected chi connectivity index (χ2v) is 7.93. The van der Waals surface area contributed by atoms with Crippen molar-refractivity contribution in [2.75, 3.05) is 32.7 Å². The average Bonchev–Trinajstić information content (AvgIpc) is 2.81. The molecular weight excluding hydrogens is 330 g/mol. The third-order valence-electron chi connectivity index (χ3n) is 4.76. The van der Waals surface area contributed by atoms with Gasteiger partial charge >= 0.3 is 0 Å². The lowest BCUT2D eigenvalue weighted by Gasteiger charge is -2.21. The van der Waals surface area contributed by atoms with Crippen LogP contribution >= 0.6 is 11.3 Å². The molecule has 3 rings (SSSR count). The maximum absolute atomic E-state index is 12.8. The maximum Gasteiger partial charge on any atom is 0.265 e. The number of carbonyl (C=O) groups excluding carboxylic acids is 1. The van der Waals surface area contributed by atoms with Gasteiger partial charge in [-0.15, -0.1) is 11.3 Å². The van der Waals surface area contributed by atoms with Crippen molar-refractivity contribution in [1.29, 1.82) is 0 Å². The Balaban J connectivity index is 1.48. The molecular formula is C20H27N3OS. The lowest BCUT2D eigenvalue weighted by molar-refractivity contribution is 0.0765. The summed E-state index contributed by atoms with van der Waals surface area (Å²) in [5.74, 6) is 0.161. The van der Waals surface area contributed by atoms with Crippen molar-refractivity contribution in [1.82, 2.24) is 14.8 Å². The van der Waals surface area contributed by atoms with E-state index in [2.05, 4.69) is 40.2 Å². The van der Waals surface area contributed by atoms with Crippen molar-refractivity contribution in [3.63, 3.8) is 0 Å². The van der Waals surface area contributed by atoms with E-state index in [-0.39, 0.29) is 5.91 Å². The Labute approximate surface area is 154 Å². The van der Waals surface area contributed by atoms with Crippen LogP contribution in [-0.4, -0.2) is 53.4 Å². The minimum absolute atomic E-state index is 0.161. The number of benzene rings is 1. The monoisotopic (exact) mass is 357 g/mol. The summed E-state index contributed by atoms with van der Waals surface area (Å²) in [6.07, 6.45) is 3.35. The van der Waals surface area contributed by atoms with E-state index in [4.69, 9.17) is 0 Å². The average molecular weight is 358 g/mol. The number of hydrogen-bond acceptors (Lipinski definition) is 4. The molecule has 134 valence electrons. The third kappa shape index (κ3) is 4.89. The minimum atomic E-state index is 0.161. The molecule has 0 N–H and O–H groups in total. The molecule has 5 heteroatoms. The second-order valence-electron chi connectivity index (χ2n) is 6.72. The van der Waals surface area contributed by atoms with Gasteiger partial charge in [0, 0.05) is 19.6 Å². The van der Waals surface area contributed by atoms with Crippen LogP contribution in [0.5, 0.6) is 0 Å². The predicted octanol–water partition coefficient (Wildman–Crippen LogP) is 3.54.